The van der Waals surface area contributed by atoms with Crippen molar-refractivity contribution in [3.05, 3.63) is 64.3 Å². The molecule has 3 aromatic rings. The van der Waals surface area contributed by atoms with Gasteiger partial charge in [-0.05, 0) is 42.3 Å². The first-order valence-electron chi connectivity index (χ1n) is 10.2. The van der Waals surface area contributed by atoms with Crippen LogP contribution in [0.3, 0.4) is 0 Å². The van der Waals surface area contributed by atoms with Crippen LogP contribution in [0.5, 0.6) is 5.75 Å². The number of pyridine rings is 1. The van der Waals surface area contributed by atoms with Crippen molar-refractivity contribution in [2.75, 3.05) is 26.1 Å². The predicted molar refractivity (Wildman–Crippen MR) is 125 cm³/mol. The van der Waals surface area contributed by atoms with Crippen LogP contribution < -0.4 is 15.4 Å². The van der Waals surface area contributed by atoms with Gasteiger partial charge >= 0.3 is 5.97 Å². The van der Waals surface area contributed by atoms with Crippen LogP contribution in [0.2, 0.25) is 5.02 Å². The topological polar surface area (TPSA) is 113 Å². The Kier molecular flexibility index (Phi) is 8.06. The van der Waals surface area contributed by atoms with E-state index in [1.165, 1.54) is 13.3 Å². The smallest absolute Gasteiger partial charge is 0.305 e. The minimum atomic E-state index is -0.341. The Morgan fingerprint density at radius 3 is 2.70 bits per heavy atom. The monoisotopic (exact) mass is 466 g/mol. The van der Waals surface area contributed by atoms with Gasteiger partial charge < -0.3 is 20.1 Å². The summed E-state index contributed by atoms with van der Waals surface area (Å²) in [5, 5.41) is 16.6. The van der Waals surface area contributed by atoms with Gasteiger partial charge in [0.25, 0.3) is 5.91 Å². The minimum absolute atomic E-state index is 0.210. The van der Waals surface area contributed by atoms with E-state index in [0.717, 1.165) is 5.56 Å². The van der Waals surface area contributed by atoms with Gasteiger partial charge in [-0.2, -0.15) is 5.26 Å². The Bertz CT molecular complexity index is 1220. The summed E-state index contributed by atoms with van der Waals surface area (Å²) in [5.74, 6) is -0.103. The van der Waals surface area contributed by atoms with Crippen LogP contribution in [-0.2, 0) is 16.1 Å². The van der Waals surface area contributed by atoms with Crippen molar-refractivity contribution in [1.29, 1.82) is 5.26 Å². The van der Waals surface area contributed by atoms with Crippen molar-refractivity contribution in [1.82, 2.24) is 10.3 Å². The van der Waals surface area contributed by atoms with Crippen LogP contribution in [0, 0.1) is 11.3 Å². The van der Waals surface area contributed by atoms with Crippen molar-refractivity contribution in [3.8, 4) is 11.8 Å². The van der Waals surface area contributed by atoms with Crippen molar-refractivity contribution < 1.29 is 19.1 Å². The van der Waals surface area contributed by atoms with E-state index in [-0.39, 0.29) is 18.3 Å². The summed E-state index contributed by atoms with van der Waals surface area (Å²) < 4.78 is 9.80. The fraction of sp³-hybridized carbons (Fsp3) is 0.250. The van der Waals surface area contributed by atoms with Crippen molar-refractivity contribution >= 4 is 40.1 Å². The summed E-state index contributed by atoms with van der Waals surface area (Å²) in [5.41, 5.74) is 2.86. The maximum atomic E-state index is 12.9. The van der Waals surface area contributed by atoms with E-state index in [0.29, 0.717) is 58.0 Å². The van der Waals surface area contributed by atoms with Crippen LogP contribution in [0.1, 0.15) is 34.3 Å². The molecule has 0 saturated carbocycles. The number of anilines is 1. The van der Waals surface area contributed by atoms with Crippen molar-refractivity contribution in [3.63, 3.8) is 0 Å². The highest BCUT2D eigenvalue weighted by Crippen LogP contribution is 2.29. The molecule has 0 spiro atoms. The first-order chi connectivity index (χ1) is 16.0. The van der Waals surface area contributed by atoms with E-state index in [2.05, 4.69) is 26.4 Å². The van der Waals surface area contributed by atoms with Crippen molar-refractivity contribution in [2.45, 2.75) is 19.4 Å². The molecule has 0 aliphatic carbocycles. The second kappa shape index (κ2) is 11.2. The van der Waals surface area contributed by atoms with Gasteiger partial charge in [0.15, 0.2) is 0 Å². The van der Waals surface area contributed by atoms with E-state index in [4.69, 9.17) is 16.3 Å². The van der Waals surface area contributed by atoms with E-state index in [1.54, 1.807) is 37.4 Å². The molecule has 0 fully saturated rings. The van der Waals surface area contributed by atoms with Gasteiger partial charge in [-0.3, -0.25) is 14.6 Å². The van der Waals surface area contributed by atoms with Gasteiger partial charge in [0, 0.05) is 31.1 Å². The lowest BCUT2D eigenvalue weighted by Gasteiger charge is -2.15. The number of carbonyl (C=O) groups is 2. The number of carbonyl (C=O) groups excluding carboxylic acids is 2. The third-order valence-corrected chi connectivity index (χ3v) is 5.29. The maximum absolute atomic E-state index is 12.9. The normalized spacial score (nSPS) is 10.4. The Balaban J connectivity index is 1.88. The lowest BCUT2D eigenvalue weighted by molar-refractivity contribution is -0.140. The van der Waals surface area contributed by atoms with E-state index < -0.39 is 0 Å². The quantitative estimate of drug-likeness (QED) is 0.361. The Labute approximate surface area is 196 Å². The van der Waals surface area contributed by atoms with Gasteiger partial charge in [-0.15, -0.1) is 0 Å². The van der Waals surface area contributed by atoms with E-state index in [1.807, 2.05) is 6.07 Å². The van der Waals surface area contributed by atoms with Gasteiger partial charge in [-0.1, -0.05) is 17.7 Å². The van der Waals surface area contributed by atoms with Crippen LogP contribution >= 0.6 is 11.6 Å². The highest BCUT2D eigenvalue weighted by molar-refractivity contribution is 6.32. The molecule has 33 heavy (non-hydrogen) atoms. The summed E-state index contributed by atoms with van der Waals surface area (Å²) in [6.07, 6.45) is 2.15. The molecule has 0 atom stereocenters. The number of rotatable bonds is 9. The van der Waals surface area contributed by atoms with Gasteiger partial charge in [0.1, 0.15) is 5.75 Å². The third-order valence-electron chi connectivity index (χ3n) is 5.00. The standard InChI is InChI=1S/C24H23ClN4O4/c1-32-21-8-6-16(11-19(21)25)13-29-23-17-10-15(12-26)5-7-20(17)28-14-18(23)24(31)27-9-3-4-22(30)33-2/h5-8,10-11,14H,3-4,9,13H2,1-2H3,(H,27,31)(H,28,29). The zero-order valence-corrected chi connectivity index (χ0v) is 19.0. The molecule has 0 radical (unpaired) electrons. The summed E-state index contributed by atoms with van der Waals surface area (Å²) in [6.45, 7) is 0.681. The molecule has 1 aromatic heterocycles. The first kappa shape index (κ1) is 23.8. The Morgan fingerprint density at radius 2 is 2.00 bits per heavy atom. The number of nitrogens with zero attached hydrogens (tertiary/aromatic N) is 2. The molecule has 0 bridgehead atoms. The zero-order valence-electron chi connectivity index (χ0n) is 18.3. The SMILES string of the molecule is COC(=O)CCCNC(=O)c1cnc2ccc(C#N)cc2c1NCc1ccc(OC)c(Cl)c1. The van der Waals surface area contributed by atoms with E-state index in [9.17, 15) is 14.9 Å². The highest BCUT2D eigenvalue weighted by atomic mass is 35.5. The zero-order chi connectivity index (χ0) is 23.8. The molecule has 1 amide bonds. The fourth-order valence-electron chi connectivity index (χ4n) is 3.27. The lowest BCUT2D eigenvalue weighted by atomic mass is 10.1. The summed E-state index contributed by atoms with van der Waals surface area (Å²) in [4.78, 5) is 28.6. The molecule has 2 N–H and O–H groups in total. The highest BCUT2D eigenvalue weighted by Gasteiger charge is 2.16. The average molecular weight is 467 g/mol. The van der Waals surface area contributed by atoms with Crippen LogP contribution in [0.4, 0.5) is 5.69 Å². The predicted octanol–water partition coefficient (Wildman–Crippen LogP) is 4.06. The molecular formula is C24H23ClN4O4. The molecule has 0 unspecified atom stereocenters. The average Bonchev–Trinajstić information content (AvgIpc) is 2.84. The number of amides is 1. The molecule has 0 aliphatic rings. The first-order valence-corrected chi connectivity index (χ1v) is 10.6. The molecule has 8 nitrogen and oxygen atoms in total. The van der Waals surface area contributed by atoms with Gasteiger partial charge in [0.05, 0.1) is 47.6 Å². The fourth-order valence-corrected chi connectivity index (χ4v) is 3.55. The number of methoxy groups -OCH3 is 2. The number of benzene rings is 2. The number of hydrogen-bond acceptors (Lipinski definition) is 7. The molecular weight excluding hydrogens is 444 g/mol. The molecule has 170 valence electrons. The largest absolute Gasteiger partial charge is 0.495 e. The maximum Gasteiger partial charge on any atom is 0.305 e. The summed E-state index contributed by atoms with van der Waals surface area (Å²) >= 11 is 6.24. The number of hydrogen-bond donors (Lipinski definition) is 2. The number of nitrogens with one attached hydrogen (secondary N) is 2. The summed E-state index contributed by atoms with van der Waals surface area (Å²) in [6, 6.07) is 12.6. The number of halogens is 1. The molecule has 0 aliphatic heterocycles. The van der Waals surface area contributed by atoms with Crippen molar-refractivity contribution in [2.24, 2.45) is 0 Å². The molecule has 1 heterocycles. The minimum Gasteiger partial charge on any atom is -0.495 e. The van der Waals surface area contributed by atoms with Gasteiger partial charge in [0.2, 0.25) is 0 Å². The molecule has 0 saturated heterocycles. The number of aromatic nitrogens is 1. The molecule has 2 aromatic carbocycles. The van der Waals surface area contributed by atoms with Gasteiger partial charge in [-0.25, -0.2) is 0 Å². The number of ether oxygens (including phenoxy) is 2. The lowest BCUT2D eigenvalue weighted by Crippen LogP contribution is -2.26. The third kappa shape index (κ3) is 5.90. The van der Waals surface area contributed by atoms with Crippen LogP contribution in [-0.4, -0.2) is 37.6 Å². The number of nitriles is 1. The van der Waals surface area contributed by atoms with Crippen LogP contribution in [0.15, 0.2) is 42.6 Å². The number of esters is 1. The Morgan fingerprint density at radius 1 is 1.18 bits per heavy atom. The van der Waals surface area contributed by atoms with E-state index >= 15 is 0 Å². The molecule has 9 heteroatoms. The second-order valence-corrected chi connectivity index (χ2v) is 7.56. The van der Waals surface area contributed by atoms with Crippen LogP contribution in [0.25, 0.3) is 10.9 Å². The summed E-state index contributed by atoms with van der Waals surface area (Å²) in [7, 11) is 2.87. The second-order valence-electron chi connectivity index (χ2n) is 7.15. The molecule has 3 rings (SSSR count). The number of fused-ring (bicyclic) bond motifs is 1. The Hall–Kier alpha value is -3.83.